The Hall–Kier alpha value is -1.27. The number of nitrogens with one attached hydrogen (secondary N) is 1. The summed E-state index contributed by atoms with van der Waals surface area (Å²) in [6.07, 6.45) is 0. The Bertz CT molecular complexity index is 585. The summed E-state index contributed by atoms with van der Waals surface area (Å²) in [5, 5.41) is 4.46. The minimum atomic E-state index is -0.863. The van der Waals surface area contributed by atoms with E-state index in [2.05, 4.69) is 21.2 Å². The maximum absolute atomic E-state index is 13.3. The predicted molar refractivity (Wildman–Crippen MR) is 69.5 cm³/mol. The van der Waals surface area contributed by atoms with Gasteiger partial charge in [0.15, 0.2) is 0 Å². The van der Waals surface area contributed by atoms with Gasteiger partial charge in [-0.1, -0.05) is 0 Å². The third-order valence-electron chi connectivity index (χ3n) is 2.28. The molecule has 1 aromatic heterocycles. The van der Waals surface area contributed by atoms with E-state index in [1.807, 2.05) is 11.4 Å². The number of benzene rings is 1. The Balaban J connectivity index is 2.06. The number of amides is 1. The van der Waals surface area contributed by atoms with E-state index >= 15 is 0 Å². The molecule has 2 aromatic rings. The highest BCUT2D eigenvalue weighted by molar-refractivity contribution is 9.10. The fourth-order valence-corrected chi connectivity index (χ4v) is 2.81. The van der Waals surface area contributed by atoms with Gasteiger partial charge in [-0.15, -0.1) is 11.3 Å². The molecule has 0 radical (unpaired) electrons. The molecule has 1 heterocycles. The molecule has 0 fully saturated rings. The molecule has 1 amide bonds. The maximum Gasteiger partial charge on any atom is 0.254 e. The van der Waals surface area contributed by atoms with Crippen LogP contribution in [0, 0.1) is 11.6 Å². The number of thiophene rings is 1. The van der Waals surface area contributed by atoms with Crippen molar-refractivity contribution in [2.45, 2.75) is 6.54 Å². The van der Waals surface area contributed by atoms with E-state index in [9.17, 15) is 13.6 Å². The lowest BCUT2D eigenvalue weighted by Crippen LogP contribution is -2.23. The van der Waals surface area contributed by atoms with E-state index in [1.165, 1.54) is 11.3 Å². The van der Waals surface area contributed by atoms with Crippen molar-refractivity contribution in [2.75, 3.05) is 0 Å². The van der Waals surface area contributed by atoms with Gasteiger partial charge in [0.2, 0.25) is 0 Å². The molecular formula is C12H8BrF2NOS. The van der Waals surface area contributed by atoms with Gasteiger partial charge in [-0.3, -0.25) is 4.79 Å². The summed E-state index contributed by atoms with van der Waals surface area (Å²) in [6.45, 7) is 0.300. The highest BCUT2D eigenvalue weighted by Gasteiger charge is 2.12. The van der Waals surface area contributed by atoms with Crippen molar-refractivity contribution in [3.8, 4) is 0 Å². The van der Waals surface area contributed by atoms with E-state index in [-0.39, 0.29) is 5.56 Å². The molecule has 0 saturated carbocycles. The zero-order chi connectivity index (χ0) is 13.1. The summed E-state index contributed by atoms with van der Waals surface area (Å²) in [5.41, 5.74) is -0.163. The second kappa shape index (κ2) is 5.58. The molecule has 0 unspecified atom stereocenters. The van der Waals surface area contributed by atoms with Crippen molar-refractivity contribution in [1.29, 1.82) is 0 Å². The third kappa shape index (κ3) is 2.94. The van der Waals surface area contributed by atoms with Crippen molar-refractivity contribution < 1.29 is 13.6 Å². The second-order valence-corrected chi connectivity index (χ2v) is 5.35. The number of carbonyl (C=O) groups excluding carboxylic acids is 1. The van der Waals surface area contributed by atoms with Crippen molar-refractivity contribution in [3.05, 3.63) is 56.2 Å². The van der Waals surface area contributed by atoms with E-state index in [0.29, 0.717) is 12.6 Å². The van der Waals surface area contributed by atoms with Crippen LogP contribution in [-0.4, -0.2) is 5.91 Å². The number of carbonyl (C=O) groups is 1. The normalized spacial score (nSPS) is 10.4. The highest BCUT2D eigenvalue weighted by Crippen LogP contribution is 2.22. The fourth-order valence-electron chi connectivity index (χ4n) is 1.38. The maximum atomic E-state index is 13.3. The molecule has 0 aliphatic carbocycles. The molecule has 94 valence electrons. The summed E-state index contributed by atoms with van der Waals surface area (Å²) in [6, 6.07) is 4.74. The third-order valence-corrected chi connectivity index (χ3v) is 4.20. The monoisotopic (exact) mass is 331 g/mol. The molecule has 0 saturated heterocycles. The van der Waals surface area contributed by atoms with Crippen LogP contribution >= 0.6 is 27.3 Å². The Kier molecular flexibility index (Phi) is 4.08. The smallest absolute Gasteiger partial charge is 0.254 e. The van der Waals surface area contributed by atoms with Crippen LogP contribution in [0.2, 0.25) is 0 Å². The molecule has 0 spiro atoms. The van der Waals surface area contributed by atoms with Crippen LogP contribution in [-0.2, 0) is 6.54 Å². The van der Waals surface area contributed by atoms with Gasteiger partial charge in [0.25, 0.3) is 5.91 Å². The zero-order valence-electron chi connectivity index (χ0n) is 9.04. The predicted octanol–water partition coefficient (Wildman–Crippen LogP) is 3.72. The molecule has 0 atom stereocenters. The summed E-state index contributed by atoms with van der Waals surface area (Å²) < 4.78 is 26.9. The lowest BCUT2D eigenvalue weighted by molar-refractivity contribution is 0.0947. The van der Waals surface area contributed by atoms with Gasteiger partial charge in [0.1, 0.15) is 11.6 Å². The molecule has 0 bridgehead atoms. The van der Waals surface area contributed by atoms with Crippen molar-refractivity contribution in [1.82, 2.24) is 5.32 Å². The zero-order valence-corrected chi connectivity index (χ0v) is 11.4. The van der Waals surface area contributed by atoms with E-state index < -0.39 is 17.5 Å². The molecule has 0 aliphatic heterocycles. The quantitative estimate of drug-likeness (QED) is 0.912. The highest BCUT2D eigenvalue weighted by atomic mass is 79.9. The summed E-state index contributed by atoms with van der Waals surface area (Å²) in [7, 11) is 0. The first-order valence-electron chi connectivity index (χ1n) is 5.03. The van der Waals surface area contributed by atoms with Crippen LogP contribution in [0.15, 0.2) is 34.1 Å². The summed E-state index contributed by atoms with van der Waals surface area (Å²) >= 11 is 4.81. The molecular weight excluding hydrogens is 324 g/mol. The molecule has 0 aliphatic rings. The van der Waals surface area contributed by atoms with E-state index in [4.69, 9.17) is 0 Å². The second-order valence-electron chi connectivity index (χ2n) is 3.50. The average Bonchev–Trinajstić information content (AvgIpc) is 2.72. The SMILES string of the molecule is O=C(NCc1sccc1Br)c1ccc(F)cc1F. The fraction of sp³-hybridized carbons (Fsp3) is 0.0833. The van der Waals surface area contributed by atoms with Gasteiger partial charge < -0.3 is 5.32 Å². The molecule has 6 heteroatoms. The number of hydrogen-bond acceptors (Lipinski definition) is 2. The minimum absolute atomic E-state index is 0.163. The first kappa shape index (κ1) is 13.2. The minimum Gasteiger partial charge on any atom is -0.347 e. The molecule has 2 nitrogen and oxygen atoms in total. The Morgan fingerprint density at radius 2 is 2.11 bits per heavy atom. The average molecular weight is 332 g/mol. The number of rotatable bonds is 3. The van der Waals surface area contributed by atoms with Crippen LogP contribution in [0.3, 0.4) is 0 Å². The Morgan fingerprint density at radius 3 is 2.72 bits per heavy atom. The topological polar surface area (TPSA) is 29.1 Å². The van der Waals surface area contributed by atoms with Crippen LogP contribution in [0.5, 0.6) is 0 Å². The van der Waals surface area contributed by atoms with Crippen molar-refractivity contribution in [2.24, 2.45) is 0 Å². The molecule has 18 heavy (non-hydrogen) atoms. The number of hydrogen-bond donors (Lipinski definition) is 1. The largest absolute Gasteiger partial charge is 0.347 e. The van der Waals surface area contributed by atoms with Gasteiger partial charge in [0.05, 0.1) is 12.1 Å². The molecule has 2 rings (SSSR count). The lowest BCUT2D eigenvalue weighted by Gasteiger charge is -2.05. The van der Waals surface area contributed by atoms with Crippen LogP contribution in [0.4, 0.5) is 8.78 Å². The standard InChI is InChI=1S/C12H8BrF2NOS/c13-9-3-4-18-11(9)6-16-12(17)8-2-1-7(14)5-10(8)15/h1-5H,6H2,(H,16,17). The van der Waals surface area contributed by atoms with Gasteiger partial charge in [0, 0.05) is 15.4 Å². The van der Waals surface area contributed by atoms with Crippen LogP contribution < -0.4 is 5.32 Å². The van der Waals surface area contributed by atoms with Gasteiger partial charge >= 0.3 is 0 Å². The first-order valence-corrected chi connectivity index (χ1v) is 6.70. The molecule has 1 N–H and O–H groups in total. The van der Waals surface area contributed by atoms with Crippen LogP contribution in [0.1, 0.15) is 15.2 Å². The lowest BCUT2D eigenvalue weighted by atomic mass is 10.2. The van der Waals surface area contributed by atoms with Crippen molar-refractivity contribution >= 4 is 33.2 Å². The van der Waals surface area contributed by atoms with Gasteiger partial charge in [-0.25, -0.2) is 8.78 Å². The number of halogens is 3. The Morgan fingerprint density at radius 1 is 1.33 bits per heavy atom. The van der Waals surface area contributed by atoms with Crippen LogP contribution in [0.25, 0.3) is 0 Å². The Labute approximate surface area is 115 Å². The van der Waals surface area contributed by atoms with E-state index in [0.717, 1.165) is 21.5 Å². The van der Waals surface area contributed by atoms with Crippen molar-refractivity contribution in [3.63, 3.8) is 0 Å². The van der Waals surface area contributed by atoms with Gasteiger partial charge in [-0.05, 0) is 39.5 Å². The first-order chi connectivity index (χ1) is 8.58. The summed E-state index contributed by atoms with van der Waals surface area (Å²) in [4.78, 5) is 12.6. The molecule has 1 aromatic carbocycles. The van der Waals surface area contributed by atoms with Gasteiger partial charge in [-0.2, -0.15) is 0 Å². The van der Waals surface area contributed by atoms with E-state index in [1.54, 1.807) is 0 Å². The summed E-state index contributed by atoms with van der Waals surface area (Å²) in [5.74, 6) is -2.13.